The van der Waals surface area contributed by atoms with Crippen molar-refractivity contribution in [2.45, 2.75) is 38.8 Å². The number of sulfonamides is 1. The number of aryl methyl sites for hydroxylation is 1. The van der Waals surface area contributed by atoms with E-state index in [4.69, 9.17) is 11.6 Å². The van der Waals surface area contributed by atoms with E-state index in [1.807, 2.05) is 67.6 Å². The van der Waals surface area contributed by atoms with Crippen LogP contribution in [0.2, 0.25) is 5.02 Å². The van der Waals surface area contributed by atoms with Gasteiger partial charge in [0.1, 0.15) is 6.04 Å². The highest BCUT2D eigenvalue weighted by atomic mass is 35.5. The van der Waals surface area contributed by atoms with E-state index in [-0.39, 0.29) is 37.7 Å². The van der Waals surface area contributed by atoms with Gasteiger partial charge >= 0.3 is 0 Å². The second-order valence-corrected chi connectivity index (χ2v) is 11.5. The standard InChI is InChI=1S/C29H34ClN3O4S/c1-22-16-17-25(30)20-26(22)33(38(3,36)37)18-10-15-28(34)32(21-24-13-8-5-9-14-24)27(29(35)31-2)19-23-11-6-4-7-12-23/h4-9,11-14,16-17,20,27H,10,15,18-19,21H2,1-3H3,(H,31,35)/t27-/m0/s1. The molecule has 0 heterocycles. The largest absolute Gasteiger partial charge is 0.357 e. The van der Waals surface area contributed by atoms with Crippen molar-refractivity contribution in [3.63, 3.8) is 0 Å². The Labute approximate surface area is 230 Å². The minimum Gasteiger partial charge on any atom is -0.357 e. The molecule has 0 aromatic heterocycles. The molecule has 9 heteroatoms. The van der Waals surface area contributed by atoms with Gasteiger partial charge in [-0.3, -0.25) is 13.9 Å². The molecule has 0 spiro atoms. The van der Waals surface area contributed by atoms with Crippen molar-refractivity contribution in [3.8, 4) is 0 Å². The number of hydrogen-bond acceptors (Lipinski definition) is 4. The summed E-state index contributed by atoms with van der Waals surface area (Å²) < 4.78 is 26.5. The van der Waals surface area contributed by atoms with Crippen molar-refractivity contribution >= 4 is 39.1 Å². The van der Waals surface area contributed by atoms with Crippen LogP contribution in [0.1, 0.15) is 29.5 Å². The van der Waals surface area contributed by atoms with E-state index >= 15 is 0 Å². The first-order valence-electron chi connectivity index (χ1n) is 12.4. The van der Waals surface area contributed by atoms with Gasteiger partial charge in [-0.1, -0.05) is 78.3 Å². The minimum atomic E-state index is -3.61. The van der Waals surface area contributed by atoms with Gasteiger partial charge in [0.15, 0.2) is 0 Å². The third-order valence-electron chi connectivity index (χ3n) is 6.31. The maximum absolute atomic E-state index is 13.6. The number of rotatable bonds is 12. The van der Waals surface area contributed by atoms with E-state index < -0.39 is 16.1 Å². The summed E-state index contributed by atoms with van der Waals surface area (Å²) in [5, 5.41) is 3.13. The van der Waals surface area contributed by atoms with Gasteiger partial charge in [0.25, 0.3) is 0 Å². The lowest BCUT2D eigenvalue weighted by Gasteiger charge is -2.31. The maximum atomic E-state index is 13.6. The van der Waals surface area contributed by atoms with Crippen LogP contribution >= 0.6 is 11.6 Å². The number of nitrogens with zero attached hydrogens (tertiary/aromatic N) is 2. The Morgan fingerprint density at radius 3 is 2.13 bits per heavy atom. The fraction of sp³-hybridized carbons (Fsp3) is 0.310. The molecule has 1 atom stereocenters. The van der Waals surface area contributed by atoms with Gasteiger partial charge in [0.2, 0.25) is 21.8 Å². The number of benzene rings is 3. The fourth-order valence-electron chi connectivity index (χ4n) is 4.33. The third-order valence-corrected chi connectivity index (χ3v) is 7.72. The van der Waals surface area contributed by atoms with Gasteiger partial charge in [-0.05, 0) is 42.2 Å². The molecule has 0 bridgehead atoms. The molecule has 1 N–H and O–H groups in total. The van der Waals surface area contributed by atoms with Crippen molar-refractivity contribution < 1.29 is 18.0 Å². The topological polar surface area (TPSA) is 86.8 Å². The molecule has 0 aliphatic rings. The van der Waals surface area contributed by atoms with E-state index in [1.54, 1.807) is 30.1 Å². The van der Waals surface area contributed by atoms with Gasteiger partial charge in [0, 0.05) is 38.0 Å². The molecule has 202 valence electrons. The maximum Gasteiger partial charge on any atom is 0.242 e. The average molecular weight is 556 g/mol. The zero-order valence-electron chi connectivity index (χ0n) is 21.9. The van der Waals surface area contributed by atoms with Crippen LogP contribution in [0.3, 0.4) is 0 Å². The number of carbonyl (C=O) groups is 2. The Morgan fingerprint density at radius 1 is 0.947 bits per heavy atom. The zero-order valence-corrected chi connectivity index (χ0v) is 23.5. The molecule has 3 rings (SSSR count). The average Bonchev–Trinajstić information content (AvgIpc) is 2.90. The summed E-state index contributed by atoms with van der Waals surface area (Å²) in [6, 6.07) is 23.4. The molecule has 0 saturated heterocycles. The molecule has 7 nitrogen and oxygen atoms in total. The van der Waals surface area contributed by atoms with Crippen LogP contribution in [0.4, 0.5) is 5.69 Å². The van der Waals surface area contributed by atoms with Gasteiger partial charge in [0.05, 0.1) is 11.9 Å². The predicted molar refractivity (Wildman–Crippen MR) is 153 cm³/mol. The van der Waals surface area contributed by atoms with Gasteiger partial charge in [-0.2, -0.15) is 0 Å². The highest BCUT2D eigenvalue weighted by Gasteiger charge is 2.30. The monoisotopic (exact) mass is 555 g/mol. The second-order valence-electron chi connectivity index (χ2n) is 9.20. The van der Waals surface area contributed by atoms with Crippen LogP contribution in [0.25, 0.3) is 0 Å². The Balaban J connectivity index is 1.84. The number of hydrogen-bond donors (Lipinski definition) is 1. The van der Waals surface area contributed by atoms with Gasteiger partial charge in [-0.15, -0.1) is 0 Å². The van der Waals surface area contributed by atoms with Crippen LogP contribution in [0.5, 0.6) is 0 Å². The molecule has 0 unspecified atom stereocenters. The number of carbonyl (C=O) groups excluding carboxylic acids is 2. The summed E-state index contributed by atoms with van der Waals surface area (Å²) in [6.45, 7) is 2.18. The number of anilines is 1. The van der Waals surface area contributed by atoms with Crippen LogP contribution in [0.15, 0.2) is 78.9 Å². The molecule has 2 amide bonds. The highest BCUT2D eigenvalue weighted by molar-refractivity contribution is 7.92. The summed E-state index contributed by atoms with van der Waals surface area (Å²) in [7, 11) is -2.05. The van der Waals surface area contributed by atoms with E-state index in [9.17, 15) is 18.0 Å². The summed E-state index contributed by atoms with van der Waals surface area (Å²) >= 11 is 6.14. The lowest BCUT2D eigenvalue weighted by Crippen LogP contribution is -2.49. The molecule has 0 radical (unpaired) electrons. The third kappa shape index (κ3) is 8.07. The van der Waals surface area contributed by atoms with Crippen LogP contribution in [0, 0.1) is 6.92 Å². The lowest BCUT2D eigenvalue weighted by atomic mass is 10.0. The molecule has 3 aromatic rings. The van der Waals surface area contributed by atoms with Crippen molar-refractivity contribution in [2.75, 3.05) is 24.2 Å². The summed E-state index contributed by atoms with van der Waals surface area (Å²) in [5.74, 6) is -0.486. The van der Waals surface area contributed by atoms with E-state index in [0.29, 0.717) is 17.1 Å². The first kappa shape index (κ1) is 29.2. The van der Waals surface area contributed by atoms with Crippen molar-refractivity contribution in [1.82, 2.24) is 10.2 Å². The number of halogens is 1. The molecule has 3 aromatic carbocycles. The molecular formula is C29H34ClN3O4S. The Kier molecular flexibility index (Phi) is 10.3. The molecule has 0 saturated carbocycles. The Hall–Kier alpha value is -3.36. The molecule has 0 aliphatic carbocycles. The zero-order chi connectivity index (χ0) is 27.7. The summed E-state index contributed by atoms with van der Waals surface area (Å²) in [4.78, 5) is 28.3. The SMILES string of the molecule is CNC(=O)[C@H](Cc1ccccc1)N(Cc1ccccc1)C(=O)CCCN(c1cc(Cl)ccc1C)S(C)(=O)=O. The van der Waals surface area contributed by atoms with E-state index in [2.05, 4.69) is 5.32 Å². The predicted octanol–water partition coefficient (Wildman–Crippen LogP) is 4.58. The van der Waals surface area contributed by atoms with Crippen molar-refractivity contribution in [2.24, 2.45) is 0 Å². The Bertz CT molecular complexity index is 1330. The first-order chi connectivity index (χ1) is 18.1. The first-order valence-corrected chi connectivity index (χ1v) is 14.7. The normalized spacial score (nSPS) is 12.0. The molecule has 0 aliphatic heterocycles. The van der Waals surface area contributed by atoms with E-state index in [1.165, 1.54) is 4.31 Å². The number of amides is 2. The van der Waals surface area contributed by atoms with E-state index in [0.717, 1.165) is 22.9 Å². The quantitative estimate of drug-likeness (QED) is 0.354. The highest BCUT2D eigenvalue weighted by Crippen LogP contribution is 2.27. The molecule has 0 fully saturated rings. The summed E-state index contributed by atoms with van der Waals surface area (Å²) in [5.41, 5.74) is 3.09. The minimum absolute atomic E-state index is 0.0702. The second kappa shape index (κ2) is 13.4. The van der Waals surface area contributed by atoms with Crippen LogP contribution < -0.4 is 9.62 Å². The molecular weight excluding hydrogens is 522 g/mol. The van der Waals surface area contributed by atoms with Crippen molar-refractivity contribution in [3.05, 3.63) is 101 Å². The number of likely N-dealkylation sites (N-methyl/N-ethyl adjacent to an activating group) is 1. The van der Waals surface area contributed by atoms with Gasteiger partial charge in [-0.25, -0.2) is 8.42 Å². The van der Waals surface area contributed by atoms with Crippen molar-refractivity contribution in [1.29, 1.82) is 0 Å². The van der Waals surface area contributed by atoms with Crippen LogP contribution in [-0.2, 0) is 32.6 Å². The smallest absolute Gasteiger partial charge is 0.242 e. The summed E-state index contributed by atoms with van der Waals surface area (Å²) in [6.07, 6.45) is 1.84. The molecule has 38 heavy (non-hydrogen) atoms. The van der Waals surface area contributed by atoms with Gasteiger partial charge < -0.3 is 10.2 Å². The number of nitrogens with one attached hydrogen (secondary N) is 1. The Morgan fingerprint density at radius 2 is 1.55 bits per heavy atom. The lowest BCUT2D eigenvalue weighted by molar-refractivity contribution is -0.141. The fourth-order valence-corrected chi connectivity index (χ4v) is 5.52. The van der Waals surface area contributed by atoms with Crippen LogP contribution in [-0.4, -0.2) is 51.0 Å².